The molecule has 66 valence electrons. The molecule has 0 radical (unpaired) electrons. The Morgan fingerprint density at radius 3 is 2.18 bits per heavy atom. The third kappa shape index (κ3) is 2.17. The Hall–Kier alpha value is -0.0900. The van der Waals surface area contributed by atoms with Crippen molar-refractivity contribution in [2.75, 3.05) is 12.4 Å². The van der Waals surface area contributed by atoms with Gasteiger partial charge in [0.25, 0.3) is 0 Å². The van der Waals surface area contributed by atoms with Crippen LogP contribution < -0.4 is 0 Å². The number of hydrogen-bond acceptors (Lipinski definition) is 3. The van der Waals surface area contributed by atoms with E-state index >= 15 is 0 Å². The average molecular weight is 178 g/mol. The molecule has 1 atom stereocenters. The first-order chi connectivity index (χ1) is 4.83. The maximum atomic E-state index is 11.4. The molecule has 1 aliphatic heterocycles. The Morgan fingerprint density at radius 1 is 1.45 bits per heavy atom. The first-order valence-electron chi connectivity index (χ1n) is 3.67. The van der Waals surface area contributed by atoms with Gasteiger partial charge < -0.3 is 4.74 Å². The highest BCUT2D eigenvalue weighted by molar-refractivity contribution is 7.92. The van der Waals surface area contributed by atoms with Crippen molar-refractivity contribution >= 4 is 9.84 Å². The van der Waals surface area contributed by atoms with Gasteiger partial charge in [0, 0.05) is 0 Å². The summed E-state index contributed by atoms with van der Waals surface area (Å²) in [5.41, 5.74) is 0. The van der Waals surface area contributed by atoms with Crippen molar-refractivity contribution in [2.24, 2.45) is 0 Å². The highest BCUT2D eigenvalue weighted by Gasteiger charge is 2.36. The third-order valence-electron chi connectivity index (χ3n) is 1.74. The van der Waals surface area contributed by atoms with Gasteiger partial charge in [0.1, 0.15) is 0 Å². The molecule has 0 spiro atoms. The van der Waals surface area contributed by atoms with Gasteiger partial charge in [0.2, 0.25) is 0 Å². The molecule has 0 aromatic heterocycles. The summed E-state index contributed by atoms with van der Waals surface area (Å²) in [5.74, 6) is 0.177. The lowest BCUT2D eigenvalue weighted by Gasteiger charge is -2.17. The van der Waals surface area contributed by atoms with Crippen molar-refractivity contribution in [3.63, 3.8) is 0 Å². The zero-order valence-corrected chi connectivity index (χ0v) is 7.94. The molecule has 0 aliphatic carbocycles. The van der Waals surface area contributed by atoms with E-state index in [-0.39, 0.29) is 11.9 Å². The molecule has 1 saturated heterocycles. The summed E-state index contributed by atoms with van der Waals surface area (Å²) in [6.07, 6.45) is -0.0285. The molecule has 0 aromatic carbocycles. The van der Waals surface area contributed by atoms with E-state index in [4.69, 9.17) is 4.74 Å². The van der Waals surface area contributed by atoms with Gasteiger partial charge in [-0.3, -0.25) is 0 Å². The molecule has 1 rings (SSSR count). The van der Waals surface area contributed by atoms with Crippen LogP contribution in [0.3, 0.4) is 0 Å². The van der Waals surface area contributed by atoms with E-state index < -0.39 is 14.6 Å². The summed E-state index contributed by atoms with van der Waals surface area (Å²) in [7, 11) is -2.96. The van der Waals surface area contributed by atoms with Crippen molar-refractivity contribution in [1.82, 2.24) is 0 Å². The Bertz CT molecular complexity index is 231. The van der Waals surface area contributed by atoms with Gasteiger partial charge in [-0.25, -0.2) is 8.42 Å². The SMILES string of the molecule is CC(C)(C)S(=O)(=O)CC1CO1. The molecule has 0 aromatic rings. The van der Waals surface area contributed by atoms with Crippen LogP contribution in [0.4, 0.5) is 0 Å². The summed E-state index contributed by atoms with van der Waals surface area (Å²) < 4.78 is 27.1. The van der Waals surface area contributed by atoms with Crippen LogP contribution in [0.1, 0.15) is 20.8 Å². The van der Waals surface area contributed by atoms with Gasteiger partial charge in [0.05, 0.1) is 23.2 Å². The van der Waals surface area contributed by atoms with Crippen molar-refractivity contribution in [1.29, 1.82) is 0 Å². The fourth-order valence-electron chi connectivity index (χ4n) is 0.659. The van der Waals surface area contributed by atoms with Gasteiger partial charge >= 0.3 is 0 Å². The molecule has 11 heavy (non-hydrogen) atoms. The molecule has 0 amide bonds. The highest BCUT2D eigenvalue weighted by atomic mass is 32.2. The minimum Gasteiger partial charge on any atom is -0.372 e. The Morgan fingerprint density at radius 2 is 1.91 bits per heavy atom. The van der Waals surface area contributed by atoms with E-state index in [2.05, 4.69) is 0 Å². The van der Waals surface area contributed by atoms with Gasteiger partial charge in [-0.2, -0.15) is 0 Å². The molecule has 1 heterocycles. The first-order valence-corrected chi connectivity index (χ1v) is 5.32. The second-order valence-corrected chi connectivity index (χ2v) is 6.64. The van der Waals surface area contributed by atoms with Gasteiger partial charge in [-0.15, -0.1) is 0 Å². The predicted octanol–water partition coefficient (Wildman–Crippen LogP) is 0.599. The molecule has 0 N–H and O–H groups in total. The average Bonchev–Trinajstić information content (AvgIpc) is 2.45. The zero-order valence-electron chi connectivity index (χ0n) is 7.12. The number of sulfone groups is 1. The molecular weight excluding hydrogens is 164 g/mol. The van der Waals surface area contributed by atoms with E-state index in [0.717, 1.165) is 0 Å². The highest BCUT2D eigenvalue weighted by Crippen LogP contribution is 2.21. The van der Waals surface area contributed by atoms with Gasteiger partial charge in [0.15, 0.2) is 9.84 Å². The number of hydrogen-bond donors (Lipinski definition) is 0. The lowest BCUT2D eigenvalue weighted by atomic mass is 10.3. The molecule has 1 aliphatic rings. The summed E-state index contributed by atoms with van der Waals surface area (Å²) in [6, 6.07) is 0. The molecular formula is C7H14O3S. The predicted molar refractivity (Wildman–Crippen MR) is 43.3 cm³/mol. The molecule has 4 heteroatoms. The third-order valence-corrected chi connectivity index (χ3v) is 4.42. The first kappa shape index (κ1) is 9.00. The quantitative estimate of drug-likeness (QED) is 0.582. The molecule has 1 fully saturated rings. The van der Waals surface area contributed by atoms with Crippen molar-refractivity contribution in [3.05, 3.63) is 0 Å². The lowest BCUT2D eigenvalue weighted by Crippen LogP contribution is -2.32. The summed E-state index contributed by atoms with van der Waals surface area (Å²) in [6.45, 7) is 5.75. The smallest absolute Gasteiger partial charge is 0.157 e. The van der Waals surface area contributed by atoms with Crippen LogP contribution in [0.25, 0.3) is 0 Å². The van der Waals surface area contributed by atoms with E-state index in [1.165, 1.54) is 0 Å². The van der Waals surface area contributed by atoms with E-state index in [1.54, 1.807) is 20.8 Å². The molecule has 0 bridgehead atoms. The van der Waals surface area contributed by atoms with Crippen LogP contribution in [0, 0.1) is 0 Å². The minimum absolute atomic E-state index is 0.0285. The van der Waals surface area contributed by atoms with Crippen molar-refractivity contribution in [2.45, 2.75) is 31.6 Å². The fraction of sp³-hybridized carbons (Fsp3) is 1.00. The maximum absolute atomic E-state index is 11.4. The van der Waals surface area contributed by atoms with Crippen LogP contribution in [0.2, 0.25) is 0 Å². The van der Waals surface area contributed by atoms with Crippen LogP contribution in [0.5, 0.6) is 0 Å². The van der Waals surface area contributed by atoms with Gasteiger partial charge in [-0.1, -0.05) is 0 Å². The lowest BCUT2D eigenvalue weighted by molar-refractivity contribution is 0.421. The van der Waals surface area contributed by atoms with Crippen LogP contribution in [-0.4, -0.2) is 31.6 Å². The van der Waals surface area contributed by atoms with E-state index in [9.17, 15) is 8.42 Å². The number of epoxide rings is 1. The fourth-order valence-corrected chi connectivity index (χ4v) is 1.84. The second kappa shape index (κ2) is 2.45. The van der Waals surface area contributed by atoms with Crippen molar-refractivity contribution in [3.8, 4) is 0 Å². The normalized spacial score (nSPS) is 25.2. The second-order valence-electron chi connectivity index (χ2n) is 3.85. The van der Waals surface area contributed by atoms with Crippen LogP contribution >= 0.6 is 0 Å². The number of ether oxygens (including phenoxy) is 1. The number of rotatable bonds is 2. The Balaban J connectivity index is 2.65. The molecule has 3 nitrogen and oxygen atoms in total. The summed E-state index contributed by atoms with van der Waals surface area (Å²) in [4.78, 5) is 0. The van der Waals surface area contributed by atoms with Gasteiger partial charge in [-0.05, 0) is 20.8 Å². The zero-order chi connectivity index (χ0) is 8.70. The van der Waals surface area contributed by atoms with Crippen molar-refractivity contribution < 1.29 is 13.2 Å². The Labute approximate surface area is 67.7 Å². The van der Waals surface area contributed by atoms with Crippen LogP contribution in [-0.2, 0) is 14.6 Å². The Kier molecular flexibility index (Phi) is 2.01. The monoisotopic (exact) mass is 178 g/mol. The summed E-state index contributed by atoms with van der Waals surface area (Å²) >= 11 is 0. The largest absolute Gasteiger partial charge is 0.372 e. The maximum Gasteiger partial charge on any atom is 0.157 e. The van der Waals surface area contributed by atoms with E-state index in [1.807, 2.05) is 0 Å². The molecule has 1 unspecified atom stereocenters. The topological polar surface area (TPSA) is 46.7 Å². The van der Waals surface area contributed by atoms with Crippen LogP contribution in [0.15, 0.2) is 0 Å². The molecule has 0 saturated carbocycles. The standard InChI is InChI=1S/C7H14O3S/c1-7(2,3)11(8,9)5-6-4-10-6/h6H,4-5H2,1-3H3. The minimum atomic E-state index is -2.96. The summed E-state index contributed by atoms with van der Waals surface area (Å²) in [5, 5.41) is 0. The van der Waals surface area contributed by atoms with E-state index in [0.29, 0.717) is 6.61 Å².